The third-order valence-electron chi connectivity index (χ3n) is 3.66. The van der Waals surface area contributed by atoms with Gasteiger partial charge in [-0.15, -0.1) is 0 Å². The Morgan fingerprint density at radius 1 is 1.50 bits per heavy atom. The molecule has 16 heavy (non-hydrogen) atoms. The molecule has 0 aromatic carbocycles. The fourth-order valence-corrected chi connectivity index (χ4v) is 2.03. The van der Waals surface area contributed by atoms with Gasteiger partial charge in [-0.1, -0.05) is 20.3 Å². The van der Waals surface area contributed by atoms with E-state index in [0.717, 1.165) is 19.4 Å². The highest BCUT2D eigenvalue weighted by molar-refractivity contribution is 5.76. The summed E-state index contributed by atoms with van der Waals surface area (Å²) in [6.07, 6.45) is 6.38. The van der Waals surface area contributed by atoms with Crippen molar-refractivity contribution in [2.75, 3.05) is 13.1 Å². The highest BCUT2D eigenvalue weighted by Gasteiger charge is 2.28. The molecule has 2 N–H and O–H groups in total. The standard InChI is InChI=1S/C13H26N2O/c1-3-11(2)10-13(16)15(9-5-8-14)12-6-4-7-12/h11-12H,3-10,14H2,1-2H3. The van der Waals surface area contributed by atoms with Gasteiger partial charge in [0.1, 0.15) is 0 Å². The van der Waals surface area contributed by atoms with E-state index in [9.17, 15) is 4.79 Å². The predicted molar refractivity (Wildman–Crippen MR) is 67.1 cm³/mol. The minimum Gasteiger partial charge on any atom is -0.340 e. The van der Waals surface area contributed by atoms with Crippen molar-refractivity contribution in [2.45, 2.75) is 58.4 Å². The van der Waals surface area contributed by atoms with Crippen LogP contribution in [0.15, 0.2) is 0 Å². The second kappa shape index (κ2) is 6.89. The van der Waals surface area contributed by atoms with Gasteiger partial charge in [0.2, 0.25) is 5.91 Å². The summed E-state index contributed by atoms with van der Waals surface area (Å²) in [6.45, 7) is 5.83. The molecule has 3 heteroatoms. The zero-order valence-electron chi connectivity index (χ0n) is 10.7. The average Bonchev–Trinajstić information content (AvgIpc) is 2.20. The number of amides is 1. The summed E-state index contributed by atoms with van der Waals surface area (Å²) in [5, 5.41) is 0. The van der Waals surface area contributed by atoms with Gasteiger partial charge in [0.05, 0.1) is 0 Å². The van der Waals surface area contributed by atoms with Crippen LogP contribution in [-0.4, -0.2) is 29.9 Å². The van der Waals surface area contributed by atoms with Gasteiger partial charge in [-0.05, 0) is 38.1 Å². The number of hydrogen-bond acceptors (Lipinski definition) is 2. The van der Waals surface area contributed by atoms with Crippen LogP contribution in [0, 0.1) is 5.92 Å². The lowest BCUT2D eigenvalue weighted by Gasteiger charge is -2.38. The number of nitrogens with zero attached hydrogens (tertiary/aromatic N) is 1. The molecule has 0 bridgehead atoms. The molecule has 1 aliphatic carbocycles. The summed E-state index contributed by atoms with van der Waals surface area (Å²) < 4.78 is 0. The van der Waals surface area contributed by atoms with Crippen molar-refractivity contribution < 1.29 is 4.79 Å². The monoisotopic (exact) mass is 226 g/mol. The van der Waals surface area contributed by atoms with E-state index >= 15 is 0 Å². The van der Waals surface area contributed by atoms with Crippen molar-refractivity contribution in [3.8, 4) is 0 Å². The molecule has 1 fully saturated rings. The molecule has 0 aromatic heterocycles. The van der Waals surface area contributed by atoms with Crippen molar-refractivity contribution >= 4 is 5.91 Å². The first-order valence-corrected chi connectivity index (χ1v) is 6.68. The van der Waals surface area contributed by atoms with Crippen molar-refractivity contribution in [1.82, 2.24) is 4.90 Å². The number of nitrogens with two attached hydrogens (primary N) is 1. The van der Waals surface area contributed by atoms with Crippen LogP contribution in [0.5, 0.6) is 0 Å². The smallest absolute Gasteiger partial charge is 0.223 e. The Kier molecular flexibility index (Phi) is 5.81. The van der Waals surface area contributed by atoms with Crippen LogP contribution in [0.1, 0.15) is 52.4 Å². The number of hydrogen-bond donors (Lipinski definition) is 1. The molecule has 94 valence electrons. The van der Waals surface area contributed by atoms with E-state index in [1.165, 1.54) is 19.3 Å². The van der Waals surface area contributed by atoms with Crippen molar-refractivity contribution in [3.63, 3.8) is 0 Å². The summed E-state index contributed by atoms with van der Waals surface area (Å²) in [5.74, 6) is 0.848. The van der Waals surface area contributed by atoms with Crippen molar-refractivity contribution in [2.24, 2.45) is 11.7 Å². The van der Waals surface area contributed by atoms with Gasteiger partial charge in [-0.3, -0.25) is 4.79 Å². The van der Waals surface area contributed by atoms with Gasteiger partial charge in [-0.25, -0.2) is 0 Å². The van der Waals surface area contributed by atoms with E-state index < -0.39 is 0 Å². The molecule has 0 saturated heterocycles. The summed E-state index contributed by atoms with van der Waals surface area (Å²) in [7, 11) is 0. The predicted octanol–water partition coefficient (Wildman–Crippen LogP) is 2.15. The third-order valence-corrected chi connectivity index (χ3v) is 3.66. The minimum absolute atomic E-state index is 0.340. The quantitative estimate of drug-likeness (QED) is 0.723. The first-order chi connectivity index (χ1) is 7.69. The Labute approximate surface area is 99.4 Å². The molecular formula is C13H26N2O. The highest BCUT2D eigenvalue weighted by Crippen LogP contribution is 2.26. The van der Waals surface area contributed by atoms with Crippen LogP contribution in [-0.2, 0) is 4.79 Å². The number of rotatable bonds is 7. The molecule has 1 atom stereocenters. The van der Waals surface area contributed by atoms with Gasteiger partial charge < -0.3 is 10.6 Å². The van der Waals surface area contributed by atoms with Crippen LogP contribution in [0.2, 0.25) is 0 Å². The minimum atomic E-state index is 0.340. The van der Waals surface area contributed by atoms with Gasteiger partial charge >= 0.3 is 0 Å². The van der Waals surface area contributed by atoms with Crippen molar-refractivity contribution in [3.05, 3.63) is 0 Å². The fourth-order valence-electron chi connectivity index (χ4n) is 2.03. The molecule has 1 aliphatic rings. The number of carbonyl (C=O) groups excluding carboxylic acids is 1. The average molecular weight is 226 g/mol. The summed E-state index contributed by atoms with van der Waals surface area (Å²) in [6, 6.07) is 0.517. The molecule has 0 radical (unpaired) electrons. The lowest BCUT2D eigenvalue weighted by atomic mass is 9.90. The second-order valence-electron chi connectivity index (χ2n) is 5.03. The van der Waals surface area contributed by atoms with Gasteiger partial charge in [0.25, 0.3) is 0 Å². The summed E-state index contributed by atoms with van der Waals surface area (Å²) >= 11 is 0. The molecule has 1 rings (SSSR count). The van der Waals surface area contributed by atoms with Crippen LogP contribution in [0.3, 0.4) is 0 Å². The Bertz CT molecular complexity index is 214. The van der Waals surface area contributed by atoms with E-state index in [0.29, 0.717) is 30.8 Å². The Morgan fingerprint density at radius 2 is 2.19 bits per heavy atom. The number of carbonyl (C=O) groups is 1. The van der Waals surface area contributed by atoms with Gasteiger partial charge in [0.15, 0.2) is 0 Å². The SMILES string of the molecule is CCC(C)CC(=O)N(CCCN)C1CCC1. The molecular weight excluding hydrogens is 200 g/mol. The lowest BCUT2D eigenvalue weighted by Crippen LogP contribution is -2.45. The van der Waals surface area contributed by atoms with E-state index in [4.69, 9.17) is 5.73 Å². The lowest BCUT2D eigenvalue weighted by molar-refractivity contribution is -0.136. The maximum absolute atomic E-state index is 12.1. The molecule has 1 unspecified atom stereocenters. The third kappa shape index (κ3) is 3.78. The van der Waals surface area contributed by atoms with E-state index in [1.54, 1.807) is 0 Å². The Balaban J connectivity index is 2.43. The first-order valence-electron chi connectivity index (χ1n) is 6.68. The summed E-state index contributed by atoms with van der Waals surface area (Å²) in [4.78, 5) is 14.2. The Morgan fingerprint density at radius 3 is 2.62 bits per heavy atom. The van der Waals surface area contributed by atoms with Gasteiger partial charge in [0, 0.05) is 19.0 Å². The largest absolute Gasteiger partial charge is 0.340 e. The van der Waals surface area contributed by atoms with Crippen LogP contribution < -0.4 is 5.73 Å². The van der Waals surface area contributed by atoms with E-state index in [1.807, 2.05) is 0 Å². The molecule has 1 amide bonds. The second-order valence-corrected chi connectivity index (χ2v) is 5.03. The zero-order chi connectivity index (χ0) is 12.0. The molecule has 1 saturated carbocycles. The van der Waals surface area contributed by atoms with Crippen LogP contribution in [0.4, 0.5) is 0 Å². The topological polar surface area (TPSA) is 46.3 Å². The molecule has 0 heterocycles. The van der Waals surface area contributed by atoms with Crippen molar-refractivity contribution in [1.29, 1.82) is 0 Å². The molecule has 3 nitrogen and oxygen atoms in total. The van der Waals surface area contributed by atoms with E-state index in [-0.39, 0.29) is 0 Å². The Hall–Kier alpha value is -0.570. The maximum Gasteiger partial charge on any atom is 0.223 e. The molecule has 0 spiro atoms. The summed E-state index contributed by atoms with van der Waals surface area (Å²) in [5.41, 5.74) is 5.53. The van der Waals surface area contributed by atoms with Crippen LogP contribution >= 0.6 is 0 Å². The first kappa shape index (κ1) is 13.5. The zero-order valence-corrected chi connectivity index (χ0v) is 10.7. The normalized spacial score (nSPS) is 17.9. The fraction of sp³-hybridized carbons (Fsp3) is 0.923. The van der Waals surface area contributed by atoms with Crippen LogP contribution in [0.25, 0.3) is 0 Å². The van der Waals surface area contributed by atoms with E-state index in [2.05, 4.69) is 18.7 Å². The molecule has 0 aliphatic heterocycles. The molecule has 0 aromatic rings. The highest BCUT2D eigenvalue weighted by atomic mass is 16.2. The van der Waals surface area contributed by atoms with Gasteiger partial charge in [-0.2, -0.15) is 0 Å². The maximum atomic E-state index is 12.1.